The lowest BCUT2D eigenvalue weighted by Gasteiger charge is -2.44. The number of benzene rings is 1. The molecule has 6 nitrogen and oxygen atoms in total. The molecule has 0 aromatic heterocycles. The predicted molar refractivity (Wildman–Crippen MR) is 109 cm³/mol. The average Bonchev–Trinajstić information content (AvgIpc) is 2.54. The van der Waals surface area contributed by atoms with E-state index in [2.05, 4.69) is 5.73 Å². The number of hydrogen-bond acceptors (Lipinski definition) is 4. The van der Waals surface area contributed by atoms with E-state index in [0.29, 0.717) is 18.7 Å². The fourth-order valence-corrected chi connectivity index (χ4v) is 3.57. The Morgan fingerprint density at radius 2 is 1.70 bits per heavy atom. The molecular weight excluding hydrogens is 399 g/mol. The molecule has 1 heterocycles. The first-order valence-electron chi connectivity index (χ1n) is 9.75. The molecule has 2 atom stereocenters. The Morgan fingerprint density at radius 1 is 1.20 bits per heavy atom. The third-order valence-electron chi connectivity index (χ3n) is 4.56. The number of nitrogens with zero attached hydrogens (tertiary/aromatic N) is 2. The molecule has 2 amide bonds. The van der Waals surface area contributed by atoms with Gasteiger partial charge in [-0.05, 0) is 53.2 Å². The molecule has 30 heavy (non-hydrogen) atoms. The summed E-state index contributed by atoms with van der Waals surface area (Å²) in [7, 11) is 0. The van der Waals surface area contributed by atoms with Gasteiger partial charge in [0.2, 0.25) is 6.41 Å². The Kier molecular flexibility index (Phi) is 8.71. The van der Waals surface area contributed by atoms with Crippen molar-refractivity contribution in [2.75, 3.05) is 13.1 Å². The smallest absolute Gasteiger partial charge is 0.416 e. The van der Waals surface area contributed by atoms with E-state index in [1.54, 1.807) is 24.0 Å². The largest absolute Gasteiger partial charge is 0.444 e. The van der Waals surface area contributed by atoms with Gasteiger partial charge in [-0.1, -0.05) is 17.7 Å². The topological polar surface area (TPSA) is 75.9 Å². The molecule has 0 radical (unpaired) electrons. The third kappa shape index (κ3) is 7.51. The van der Waals surface area contributed by atoms with Crippen molar-refractivity contribution >= 4 is 12.5 Å². The van der Waals surface area contributed by atoms with Crippen molar-refractivity contribution in [2.45, 2.75) is 71.9 Å². The molecule has 1 aliphatic heterocycles. The lowest BCUT2D eigenvalue weighted by molar-refractivity contribution is -0.138. The van der Waals surface area contributed by atoms with Crippen LogP contribution in [-0.4, -0.2) is 53.1 Å². The average molecular weight is 431 g/mol. The molecule has 2 N–H and O–H groups in total. The second-order valence-corrected chi connectivity index (χ2v) is 8.57. The number of hydrogen-bond donors (Lipinski definition) is 1. The predicted octanol–water partition coefficient (Wildman–Crippen LogP) is 3.95. The van der Waals surface area contributed by atoms with Crippen LogP contribution < -0.4 is 5.73 Å². The highest BCUT2D eigenvalue weighted by Gasteiger charge is 2.37. The number of ether oxygens (including phenoxy) is 1. The molecule has 9 heteroatoms. The molecule has 1 saturated heterocycles. The first kappa shape index (κ1) is 25.7. The maximum atomic E-state index is 13.4. The van der Waals surface area contributed by atoms with Gasteiger partial charge in [-0.15, -0.1) is 0 Å². The van der Waals surface area contributed by atoms with Gasteiger partial charge in [0, 0.05) is 31.7 Å². The summed E-state index contributed by atoms with van der Waals surface area (Å²) >= 11 is 0. The molecule has 1 aliphatic rings. The molecular formula is C21H32F3N3O3. The van der Waals surface area contributed by atoms with Gasteiger partial charge in [0.05, 0.1) is 5.56 Å². The SMILES string of the molecule is Cc1ccc(CN2CC(C)N(C(=O)OC(C)(C)C)C(C)C2)c(C(F)(F)F)c1.NC=O. The Morgan fingerprint density at radius 3 is 2.13 bits per heavy atom. The third-order valence-corrected chi connectivity index (χ3v) is 4.56. The number of primary amides is 1. The highest BCUT2D eigenvalue weighted by atomic mass is 19.4. The fraction of sp³-hybridized carbons (Fsp3) is 0.619. The summed E-state index contributed by atoms with van der Waals surface area (Å²) in [5.74, 6) is 0. The summed E-state index contributed by atoms with van der Waals surface area (Å²) < 4.78 is 45.6. The number of amides is 2. The minimum absolute atomic E-state index is 0.150. The minimum Gasteiger partial charge on any atom is -0.444 e. The van der Waals surface area contributed by atoms with Crippen LogP contribution in [0.2, 0.25) is 0 Å². The minimum atomic E-state index is -4.38. The molecule has 0 saturated carbocycles. The number of rotatable bonds is 2. The van der Waals surface area contributed by atoms with Gasteiger partial charge in [-0.2, -0.15) is 13.2 Å². The van der Waals surface area contributed by atoms with E-state index in [4.69, 9.17) is 9.53 Å². The van der Waals surface area contributed by atoms with Gasteiger partial charge in [0.1, 0.15) is 5.60 Å². The lowest BCUT2D eigenvalue weighted by atomic mass is 10.0. The van der Waals surface area contributed by atoms with Crippen LogP contribution in [0.3, 0.4) is 0 Å². The van der Waals surface area contributed by atoms with Crippen LogP contribution in [-0.2, 0) is 22.3 Å². The van der Waals surface area contributed by atoms with Crippen LogP contribution in [0.1, 0.15) is 51.3 Å². The molecule has 2 unspecified atom stereocenters. The molecule has 0 bridgehead atoms. The van der Waals surface area contributed by atoms with Crippen LogP contribution in [0, 0.1) is 6.92 Å². The second kappa shape index (κ2) is 10.1. The van der Waals surface area contributed by atoms with Crippen molar-refractivity contribution < 1.29 is 27.5 Å². The molecule has 1 aromatic carbocycles. The molecule has 0 aliphatic carbocycles. The van der Waals surface area contributed by atoms with Gasteiger partial charge in [0.15, 0.2) is 0 Å². The summed E-state index contributed by atoms with van der Waals surface area (Å²) in [4.78, 5) is 24.7. The van der Waals surface area contributed by atoms with Crippen LogP contribution in [0.15, 0.2) is 18.2 Å². The maximum absolute atomic E-state index is 13.4. The highest BCUT2D eigenvalue weighted by Crippen LogP contribution is 2.33. The Balaban J connectivity index is 0.00000141. The van der Waals surface area contributed by atoms with Gasteiger partial charge in [-0.3, -0.25) is 9.69 Å². The summed E-state index contributed by atoms with van der Waals surface area (Å²) in [6, 6.07) is 4.15. The van der Waals surface area contributed by atoms with Crippen molar-refractivity contribution in [1.29, 1.82) is 0 Å². The molecule has 0 spiro atoms. The second-order valence-electron chi connectivity index (χ2n) is 8.57. The number of carbonyl (C=O) groups excluding carboxylic acids is 2. The van der Waals surface area contributed by atoms with Crippen molar-refractivity contribution in [3.63, 3.8) is 0 Å². The first-order valence-corrected chi connectivity index (χ1v) is 9.75. The zero-order valence-electron chi connectivity index (χ0n) is 18.4. The quantitative estimate of drug-likeness (QED) is 0.720. The van der Waals surface area contributed by atoms with Crippen LogP contribution >= 0.6 is 0 Å². The lowest BCUT2D eigenvalue weighted by Crippen LogP contribution is -2.59. The van der Waals surface area contributed by atoms with Crippen molar-refractivity contribution in [2.24, 2.45) is 5.73 Å². The molecule has 170 valence electrons. The van der Waals surface area contributed by atoms with E-state index in [9.17, 15) is 18.0 Å². The number of piperazine rings is 1. The van der Waals surface area contributed by atoms with Crippen molar-refractivity contribution in [1.82, 2.24) is 9.80 Å². The van der Waals surface area contributed by atoms with Crippen molar-refractivity contribution in [3.8, 4) is 0 Å². The van der Waals surface area contributed by atoms with E-state index in [1.165, 1.54) is 6.07 Å². The number of nitrogens with two attached hydrogens (primary N) is 1. The maximum Gasteiger partial charge on any atom is 0.416 e. The standard InChI is InChI=1S/C20H29F3N2O2.CH3NO/c1-13-7-8-16(17(9-13)20(21,22)23)12-24-10-14(2)25(15(3)11-24)18(26)27-19(4,5)6;2-1-3/h7-9,14-15H,10-12H2,1-6H3;1H,(H2,2,3). The van der Waals surface area contributed by atoms with Gasteiger partial charge in [-0.25, -0.2) is 4.79 Å². The van der Waals surface area contributed by atoms with Crippen LogP contribution in [0.25, 0.3) is 0 Å². The van der Waals surface area contributed by atoms with Crippen LogP contribution in [0.4, 0.5) is 18.0 Å². The monoisotopic (exact) mass is 431 g/mol. The first-order chi connectivity index (χ1) is 13.7. The van der Waals surface area contributed by atoms with Gasteiger partial charge >= 0.3 is 12.3 Å². The van der Waals surface area contributed by atoms with Crippen LogP contribution in [0.5, 0.6) is 0 Å². The van der Waals surface area contributed by atoms with E-state index in [-0.39, 0.29) is 36.7 Å². The molecule has 1 aromatic rings. The number of carbonyl (C=O) groups is 2. The van der Waals surface area contributed by atoms with Crippen molar-refractivity contribution in [3.05, 3.63) is 34.9 Å². The normalized spacial score (nSPS) is 20.2. The summed E-state index contributed by atoms with van der Waals surface area (Å²) in [5, 5.41) is 0. The van der Waals surface area contributed by atoms with E-state index >= 15 is 0 Å². The fourth-order valence-electron chi connectivity index (χ4n) is 3.57. The number of halogens is 3. The Labute approximate surface area is 176 Å². The summed E-state index contributed by atoms with van der Waals surface area (Å²) in [6.07, 6.45) is -4.51. The molecule has 2 rings (SSSR count). The van der Waals surface area contributed by atoms with Gasteiger partial charge < -0.3 is 15.4 Å². The number of aryl methyl sites for hydroxylation is 1. The summed E-state index contributed by atoms with van der Waals surface area (Å²) in [6.45, 7) is 12.1. The van der Waals surface area contributed by atoms with E-state index in [1.807, 2.05) is 39.5 Å². The molecule has 1 fully saturated rings. The summed E-state index contributed by atoms with van der Waals surface area (Å²) in [5.41, 5.74) is 3.84. The Bertz CT molecular complexity index is 720. The highest BCUT2D eigenvalue weighted by molar-refractivity contribution is 5.69. The van der Waals surface area contributed by atoms with Gasteiger partial charge in [0.25, 0.3) is 0 Å². The van der Waals surface area contributed by atoms with E-state index < -0.39 is 17.3 Å². The Hall–Kier alpha value is -2.29. The van der Waals surface area contributed by atoms with E-state index in [0.717, 1.165) is 0 Å². The number of alkyl halides is 3. The zero-order valence-corrected chi connectivity index (χ0v) is 18.4. The zero-order chi connectivity index (χ0) is 23.3.